The molecule has 2 aromatic carbocycles. The van der Waals surface area contributed by atoms with E-state index in [1.807, 2.05) is 25.1 Å². The lowest BCUT2D eigenvalue weighted by atomic mass is 10.0. The van der Waals surface area contributed by atoms with Gasteiger partial charge in [-0.25, -0.2) is 4.39 Å². The first-order valence-corrected chi connectivity index (χ1v) is 7.00. The summed E-state index contributed by atoms with van der Waals surface area (Å²) >= 11 is 0. The van der Waals surface area contributed by atoms with Crippen molar-refractivity contribution in [1.29, 1.82) is 0 Å². The molecule has 0 bridgehead atoms. The molecule has 3 rings (SSSR count). The first-order valence-electron chi connectivity index (χ1n) is 7.00. The van der Waals surface area contributed by atoms with Gasteiger partial charge in [-0.3, -0.25) is 0 Å². The van der Waals surface area contributed by atoms with E-state index < -0.39 is 0 Å². The lowest BCUT2D eigenvalue weighted by Gasteiger charge is -2.03. The minimum Gasteiger partial charge on any atom is -0.421 e. The van der Waals surface area contributed by atoms with Gasteiger partial charge < -0.3 is 9.73 Å². The molecule has 0 saturated heterocycles. The van der Waals surface area contributed by atoms with Crippen molar-refractivity contribution in [1.82, 2.24) is 15.5 Å². The summed E-state index contributed by atoms with van der Waals surface area (Å²) in [7, 11) is 0. The summed E-state index contributed by atoms with van der Waals surface area (Å²) < 4.78 is 19.5. The third kappa shape index (κ3) is 2.78. The number of aromatic nitrogens is 2. The molecule has 0 aliphatic rings. The summed E-state index contributed by atoms with van der Waals surface area (Å²) in [4.78, 5) is 0. The highest BCUT2D eigenvalue weighted by molar-refractivity contribution is 5.95. The summed E-state index contributed by atoms with van der Waals surface area (Å²) in [6, 6.07) is 10.4. The summed E-state index contributed by atoms with van der Waals surface area (Å²) in [5.41, 5.74) is 0.759. The number of hydrogen-bond donors (Lipinski definition) is 1. The maximum Gasteiger partial charge on any atom is 0.248 e. The molecule has 1 aromatic heterocycles. The Hall–Kier alpha value is -2.27. The fourth-order valence-electron chi connectivity index (χ4n) is 2.28. The Morgan fingerprint density at radius 3 is 2.71 bits per heavy atom. The van der Waals surface area contributed by atoms with Crippen molar-refractivity contribution in [2.24, 2.45) is 0 Å². The van der Waals surface area contributed by atoms with Crippen LogP contribution in [0.15, 0.2) is 40.8 Å². The second-order valence-electron chi connectivity index (χ2n) is 4.75. The van der Waals surface area contributed by atoms with Crippen molar-refractivity contribution in [2.45, 2.75) is 13.3 Å². The Morgan fingerprint density at radius 2 is 1.90 bits per heavy atom. The second kappa shape index (κ2) is 6.01. The molecule has 1 N–H and O–H groups in total. The van der Waals surface area contributed by atoms with Crippen LogP contribution in [0.1, 0.15) is 12.8 Å². The average molecular weight is 285 g/mol. The van der Waals surface area contributed by atoms with Crippen LogP contribution in [-0.2, 0) is 6.42 Å². The van der Waals surface area contributed by atoms with Gasteiger partial charge >= 0.3 is 0 Å². The number of nitrogens with one attached hydrogen (secondary N) is 1. The molecule has 21 heavy (non-hydrogen) atoms. The summed E-state index contributed by atoms with van der Waals surface area (Å²) in [5, 5.41) is 12.7. The van der Waals surface area contributed by atoms with Crippen molar-refractivity contribution in [2.75, 3.05) is 13.1 Å². The SMILES string of the molecule is CCNCCc1nnc(-c2ccc(F)c3ccccc23)o1. The molecule has 1 heterocycles. The molecule has 0 aliphatic heterocycles. The zero-order chi connectivity index (χ0) is 14.7. The van der Waals surface area contributed by atoms with Crippen LogP contribution in [-0.4, -0.2) is 23.3 Å². The van der Waals surface area contributed by atoms with Crippen LogP contribution >= 0.6 is 0 Å². The standard InChI is InChI=1S/C16H16FN3O/c1-2-18-10-9-15-19-20-16(21-15)13-7-8-14(17)12-6-4-3-5-11(12)13/h3-8,18H,2,9-10H2,1H3. The van der Waals surface area contributed by atoms with E-state index in [-0.39, 0.29) is 5.82 Å². The van der Waals surface area contributed by atoms with E-state index in [9.17, 15) is 4.39 Å². The van der Waals surface area contributed by atoms with Gasteiger partial charge in [-0.1, -0.05) is 31.2 Å². The van der Waals surface area contributed by atoms with Crippen LogP contribution in [0.3, 0.4) is 0 Å². The molecule has 0 amide bonds. The van der Waals surface area contributed by atoms with Crippen molar-refractivity contribution in [3.8, 4) is 11.5 Å². The van der Waals surface area contributed by atoms with Gasteiger partial charge in [-0.2, -0.15) is 0 Å². The number of rotatable bonds is 5. The van der Waals surface area contributed by atoms with E-state index in [2.05, 4.69) is 15.5 Å². The van der Waals surface area contributed by atoms with E-state index in [4.69, 9.17) is 4.42 Å². The fraction of sp³-hybridized carbons (Fsp3) is 0.250. The Morgan fingerprint density at radius 1 is 1.10 bits per heavy atom. The predicted molar refractivity (Wildman–Crippen MR) is 79.4 cm³/mol. The van der Waals surface area contributed by atoms with Gasteiger partial charge in [0.05, 0.1) is 0 Å². The van der Waals surface area contributed by atoms with Crippen LogP contribution in [0, 0.1) is 5.82 Å². The molecule has 3 aromatic rings. The first-order chi connectivity index (χ1) is 10.3. The zero-order valence-corrected chi connectivity index (χ0v) is 11.8. The van der Waals surface area contributed by atoms with Crippen LogP contribution in [0.2, 0.25) is 0 Å². The molecular weight excluding hydrogens is 269 g/mol. The van der Waals surface area contributed by atoms with Crippen LogP contribution in [0.4, 0.5) is 4.39 Å². The molecule has 0 saturated carbocycles. The highest BCUT2D eigenvalue weighted by Crippen LogP contribution is 2.29. The Kier molecular flexibility index (Phi) is 3.92. The normalized spacial score (nSPS) is 11.1. The number of hydrogen-bond acceptors (Lipinski definition) is 4. The summed E-state index contributed by atoms with van der Waals surface area (Å²) in [6.07, 6.45) is 0.681. The van der Waals surface area contributed by atoms with Gasteiger partial charge in [0.15, 0.2) is 0 Å². The van der Waals surface area contributed by atoms with Crippen molar-refractivity contribution in [3.05, 3.63) is 48.1 Å². The predicted octanol–water partition coefficient (Wildman–Crippen LogP) is 3.18. The Bertz CT molecular complexity index is 754. The number of nitrogens with zero attached hydrogens (tertiary/aromatic N) is 2. The molecule has 0 spiro atoms. The van der Waals surface area contributed by atoms with E-state index >= 15 is 0 Å². The van der Waals surface area contributed by atoms with Gasteiger partial charge in [0.1, 0.15) is 5.82 Å². The molecular formula is C16H16FN3O. The number of halogens is 1. The Balaban J connectivity index is 1.96. The quantitative estimate of drug-likeness (QED) is 0.731. The highest BCUT2D eigenvalue weighted by atomic mass is 19.1. The molecule has 0 aliphatic carbocycles. The molecule has 0 atom stereocenters. The van der Waals surface area contributed by atoms with Crippen molar-refractivity contribution >= 4 is 10.8 Å². The second-order valence-corrected chi connectivity index (χ2v) is 4.75. The molecule has 108 valence electrons. The first kappa shape index (κ1) is 13.7. The van der Waals surface area contributed by atoms with Gasteiger partial charge in [0.2, 0.25) is 11.8 Å². The molecule has 5 heteroatoms. The zero-order valence-electron chi connectivity index (χ0n) is 11.8. The van der Waals surface area contributed by atoms with Crippen molar-refractivity contribution < 1.29 is 8.81 Å². The van der Waals surface area contributed by atoms with E-state index in [1.165, 1.54) is 6.07 Å². The smallest absolute Gasteiger partial charge is 0.248 e. The highest BCUT2D eigenvalue weighted by Gasteiger charge is 2.13. The maximum atomic E-state index is 13.8. The minimum atomic E-state index is -0.249. The summed E-state index contributed by atoms with van der Waals surface area (Å²) in [6.45, 7) is 3.75. The fourth-order valence-corrected chi connectivity index (χ4v) is 2.28. The van der Waals surface area contributed by atoms with Gasteiger partial charge in [-0.05, 0) is 24.1 Å². The molecule has 0 unspecified atom stereocenters. The summed E-state index contributed by atoms with van der Waals surface area (Å²) in [5.74, 6) is 0.762. The van der Waals surface area contributed by atoms with Crippen LogP contribution in [0.5, 0.6) is 0 Å². The largest absolute Gasteiger partial charge is 0.421 e. The van der Waals surface area contributed by atoms with Crippen LogP contribution in [0.25, 0.3) is 22.2 Å². The number of benzene rings is 2. The molecule has 0 fully saturated rings. The van der Waals surface area contributed by atoms with E-state index in [0.717, 1.165) is 24.0 Å². The van der Waals surface area contributed by atoms with E-state index in [0.29, 0.717) is 23.6 Å². The third-order valence-electron chi connectivity index (χ3n) is 3.33. The monoisotopic (exact) mass is 285 g/mol. The minimum absolute atomic E-state index is 0.249. The number of likely N-dealkylation sites (N-methyl/N-ethyl adjacent to an activating group) is 1. The molecule has 0 radical (unpaired) electrons. The third-order valence-corrected chi connectivity index (χ3v) is 3.33. The topological polar surface area (TPSA) is 51.0 Å². The molecule has 4 nitrogen and oxygen atoms in total. The lowest BCUT2D eigenvalue weighted by molar-refractivity contribution is 0.497. The maximum absolute atomic E-state index is 13.8. The van der Waals surface area contributed by atoms with Gasteiger partial charge in [0, 0.05) is 23.9 Å². The van der Waals surface area contributed by atoms with E-state index in [1.54, 1.807) is 12.1 Å². The Labute approximate surface area is 122 Å². The van der Waals surface area contributed by atoms with Gasteiger partial charge in [0.25, 0.3) is 0 Å². The van der Waals surface area contributed by atoms with Crippen molar-refractivity contribution in [3.63, 3.8) is 0 Å². The average Bonchev–Trinajstić information content (AvgIpc) is 2.97. The van der Waals surface area contributed by atoms with Crippen LogP contribution < -0.4 is 5.32 Å². The number of fused-ring (bicyclic) bond motifs is 1. The lowest BCUT2D eigenvalue weighted by Crippen LogP contribution is -2.16. The van der Waals surface area contributed by atoms with Gasteiger partial charge in [-0.15, -0.1) is 10.2 Å².